The van der Waals surface area contributed by atoms with E-state index in [4.69, 9.17) is 0 Å². The van der Waals surface area contributed by atoms with Gasteiger partial charge in [0.05, 0.1) is 23.7 Å². The summed E-state index contributed by atoms with van der Waals surface area (Å²) in [6.07, 6.45) is 3.10. The van der Waals surface area contributed by atoms with Crippen molar-refractivity contribution < 1.29 is 13.2 Å². The monoisotopic (exact) mass is 465 g/mol. The summed E-state index contributed by atoms with van der Waals surface area (Å²) in [5.74, 6) is -0.272. The number of hydrogen-bond acceptors (Lipinski definition) is 6. The van der Waals surface area contributed by atoms with Crippen LogP contribution in [0.2, 0.25) is 0 Å². The van der Waals surface area contributed by atoms with E-state index in [-0.39, 0.29) is 35.4 Å². The van der Waals surface area contributed by atoms with E-state index >= 15 is 0 Å². The van der Waals surface area contributed by atoms with Crippen molar-refractivity contribution in [3.05, 3.63) is 51.6 Å². The van der Waals surface area contributed by atoms with Gasteiger partial charge in [-0.1, -0.05) is 22.0 Å². The molecule has 1 amide bonds. The topological polar surface area (TPSA) is 116 Å². The van der Waals surface area contributed by atoms with Crippen LogP contribution in [0.15, 0.2) is 46.1 Å². The van der Waals surface area contributed by atoms with E-state index in [2.05, 4.69) is 31.3 Å². The molecular formula is C17H16BrN5O4S. The highest BCUT2D eigenvalue weighted by Crippen LogP contribution is 2.25. The first-order chi connectivity index (χ1) is 13.3. The van der Waals surface area contributed by atoms with Gasteiger partial charge in [0.25, 0.3) is 5.56 Å². The molecule has 2 aromatic heterocycles. The lowest BCUT2D eigenvalue weighted by molar-refractivity contribution is -0.116. The largest absolute Gasteiger partial charge is 0.324 e. The smallest absolute Gasteiger partial charge is 0.264 e. The molecule has 1 unspecified atom stereocenters. The fourth-order valence-corrected chi connectivity index (χ4v) is 5.33. The molecule has 1 N–H and O–H groups in total. The molecular weight excluding hydrogens is 450 g/mol. The highest BCUT2D eigenvalue weighted by molar-refractivity contribution is 9.10. The molecule has 1 fully saturated rings. The number of benzene rings is 1. The fraction of sp³-hybridized carbons (Fsp3) is 0.294. The molecule has 4 rings (SSSR count). The van der Waals surface area contributed by atoms with Crippen molar-refractivity contribution in [1.29, 1.82) is 0 Å². The first-order valence-electron chi connectivity index (χ1n) is 8.51. The lowest BCUT2D eigenvalue weighted by Gasteiger charge is -2.10. The van der Waals surface area contributed by atoms with Gasteiger partial charge in [0.1, 0.15) is 18.3 Å². The number of fused-ring (bicyclic) bond motifs is 1. The number of halogens is 1. The molecule has 3 heterocycles. The number of hydrogen-bond donors (Lipinski definition) is 1. The maximum absolute atomic E-state index is 12.7. The SMILES string of the molecule is O=C(Cn1cnc2c(cnn2C2CCS(=O)(=O)C2)c1=O)Nc1cccc(Br)c1. The Labute approximate surface area is 168 Å². The van der Waals surface area contributed by atoms with Crippen molar-refractivity contribution in [2.75, 3.05) is 16.8 Å². The van der Waals surface area contributed by atoms with Crippen LogP contribution in [0.5, 0.6) is 0 Å². The number of sulfone groups is 1. The van der Waals surface area contributed by atoms with Gasteiger partial charge in [-0.2, -0.15) is 5.10 Å². The minimum Gasteiger partial charge on any atom is -0.324 e. The van der Waals surface area contributed by atoms with Crippen LogP contribution in [0.4, 0.5) is 5.69 Å². The van der Waals surface area contributed by atoms with E-state index in [1.165, 1.54) is 21.8 Å². The Kier molecular flexibility index (Phi) is 4.79. The van der Waals surface area contributed by atoms with E-state index in [0.29, 0.717) is 17.8 Å². The number of aromatic nitrogens is 4. The second kappa shape index (κ2) is 7.13. The van der Waals surface area contributed by atoms with Crippen molar-refractivity contribution in [1.82, 2.24) is 19.3 Å². The molecule has 0 bridgehead atoms. The van der Waals surface area contributed by atoms with Crippen LogP contribution in [0.25, 0.3) is 11.0 Å². The summed E-state index contributed by atoms with van der Waals surface area (Å²) in [6, 6.07) is 6.79. The molecule has 0 aliphatic carbocycles. The molecule has 1 aliphatic heterocycles. The Hall–Kier alpha value is -2.53. The van der Waals surface area contributed by atoms with Gasteiger partial charge >= 0.3 is 0 Å². The molecule has 1 atom stereocenters. The number of rotatable bonds is 4. The van der Waals surface area contributed by atoms with Crippen molar-refractivity contribution in [3.8, 4) is 0 Å². The molecule has 0 saturated carbocycles. The number of nitrogens with one attached hydrogen (secondary N) is 1. The maximum Gasteiger partial charge on any atom is 0.264 e. The van der Waals surface area contributed by atoms with Crippen molar-refractivity contribution in [2.45, 2.75) is 19.0 Å². The van der Waals surface area contributed by atoms with Gasteiger partial charge in [0.2, 0.25) is 5.91 Å². The molecule has 1 aromatic carbocycles. The summed E-state index contributed by atoms with van der Waals surface area (Å²) in [5.41, 5.74) is 0.536. The van der Waals surface area contributed by atoms with Crippen molar-refractivity contribution >= 4 is 48.4 Å². The summed E-state index contributed by atoms with van der Waals surface area (Å²) in [4.78, 5) is 29.2. The molecule has 0 radical (unpaired) electrons. The summed E-state index contributed by atoms with van der Waals surface area (Å²) < 4.78 is 26.9. The van der Waals surface area contributed by atoms with Crippen LogP contribution >= 0.6 is 15.9 Å². The van der Waals surface area contributed by atoms with Gasteiger partial charge in [-0.05, 0) is 24.6 Å². The average molecular weight is 466 g/mol. The van der Waals surface area contributed by atoms with Crippen molar-refractivity contribution in [2.24, 2.45) is 0 Å². The molecule has 28 heavy (non-hydrogen) atoms. The first-order valence-corrected chi connectivity index (χ1v) is 11.1. The number of carbonyl (C=O) groups is 1. The Morgan fingerprint density at radius 2 is 2.18 bits per heavy atom. The van der Waals surface area contributed by atoms with E-state index < -0.39 is 15.4 Å². The molecule has 1 saturated heterocycles. The van der Waals surface area contributed by atoms with Crippen LogP contribution in [0.3, 0.4) is 0 Å². The summed E-state index contributed by atoms with van der Waals surface area (Å²) >= 11 is 3.33. The average Bonchev–Trinajstić information content (AvgIpc) is 3.20. The Balaban J connectivity index is 1.57. The number of carbonyl (C=O) groups excluding carboxylic acids is 1. The minimum absolute atomic E-state index is 0.0103. The zero-order valence-corrected chi connectivity index (χ0v) is 17.0. The summed E-state index contributed by atoms with van der Waals surface area (Å²) in [7, 11) is -3.09. The highest BCUT2D eigenvalue weighted by Gasteiger charge is 2.31. The Bertz CT molecular complexity index is 1230. The number of amides is 1. The van der Waals surface area contributed by atoms with E-state index in [1.54, 1.807) is 18.2 Å². The molecule has 11 heteroatoms. The highest BCUT2D eigenvalue weighted by atomic mass is 79.9. The second-order valence-corrected chi connectivity index (χ2v) is 9.76. The number of nitrogens with zero attached hydrogens (tertiary/aromatic N) is 4. The maximum atomic E-state index is 12.7. The van der Waals surface area contributed by atoms with Crippen LogP contribution in [-0.2, 0) is 21.2 Å². The lowest BCUT2D eigenvalue weighted by atomic mass is 10.3. The molecule has 9 nitrogen and oxygen atoms in total. The molecule has 0 spiro atoms. The van der Waals surface area contributed by atoms with Gasteiger partial charge in [0, 0.05) is 10.2 Å². The number of anilines is 1. The van der Waals surface area contributed by atoms with Crippen molar-refractivity contribution in [3.63, 3.8) is 0 Å². The molecule has 146 valence electrons. The predicted molar refractivity (Wildman–Crippen MR) is 107 cm³/mol. The third-order valence-corrected chi connectivity index (χ3v) is 6.80. The quantitative estimate of drug-likeness (QED) is 0.621. The Morgan fingerprint density at radius 3 is 2.89 bits per heavy atom. The van der Waals surface area contributed by atoms with E-state index in [0.717, 1.165) is 4.47 Å². The third kappa shape index (κ3) is 3.72. The van der Waals surface area contributed by atoms with Gasteiger partial charge < -0.3 is 5.32 Å². The first kappa shape index (κ1) is 18.8. The third-order valence-electron chi connectivity index (χ3n) is 4.56. The molecule has 1 aliphatic rings. The van der Waals surface area contributed by atoms with E-state index in [9.17, 15) is 18.0 Å². The lowest BCUT2D eigenvalue weighted by Crippen LogP contribution is -2.28. The predicted octanol–water partition coefficient (Wildman–Crippen LogP) is 1.35. The standard InChI is InChI=1S/C17H16BrN5O4S/c18-11-2-1-3-12(6-11)21-15(24)8-22-10-19-16-14(17(22)25)7-20-23(16)13-4-5-28(26,27)9-13/h1-3,6-7,10,13H,4-5,8-9H2,(H,21,24). The van der Waals surface area contributed by atoms with Gasteiger partial charge in [-0.15, -0.1) is 0 Å². The van der Waals surface area contributed by atoms with Gasteiger partial charge in [0.15, 0.2) is 15.5 Å². The van der Waals surface area contributed by atoms with Gasteiger partial charge in [-0.25, -0.2) is 18.1 Å². The zero-order chi connectivity index (χ0) is 19.9. The summed E-state index contributed by atoms with van der Waals surface area (Å²) in [5, 5.41) is 7.15. The fourth-order valence-electron chi connectivity index (χ4n) is 3.24. The minimum atomic E-state index is -3.09. The summed E-state index contributed by atoms with van der Waals surface area (Å²) in [6.45, 7) is -0.197. The van der Waals surface area contributed by atoms with Crippen LogP contribution in [0.1, 0.15) is 12.5 Å². The van der Waals surface area contributed by atoms with Crippen LogP contribution in [-0.4, -0.2) is 45.2 Å². The normalized spacial score (nSPS) is 18.4. The van der Waals surface area contributed by atoms with Crippen LogP contribution in [0, 0.1) is 0 Å². The van der Waals surface area contributed by atoms with Crippen LogP contribution < -0.4 is 10.9 Å². The zero-order valence-electron chi connectivity index (χ0n) is 14.6. The van der Waals surface area contributed by atoms with Gasteiger partial charge in [-0.3, -0.25) is 14.2 Å². The Morgan fingerprint density at radius 1 is 1.36 bits per heavy atom. The van der Waals surface area contributed by atoms with E-state index in [1.807, 2.05) is 6.07 Å². The second-order valence-electron chi connectivity index (χ2n) is 6.62. The molecule has 3 aromatic rings.